The van der Waals surface area contributed by atoms with Crippen LogP contribution < -0.4 is 10.1 Å². The van der Waals surface area contributed by atoms with Gasteiger partial charge in [0.1, 0.15) is 11.6 Å². The second-order valence-corrected chi connectivity index (χ2v) is 4.12. The van der Waals surface area contributed by atoms with Crippen LogP contribution >= 0.6 is 0 Å². The van der Waals surface area contributed by atoms with E-state index < -0.39 is 0 Å². The third kappa shape index (κ3) is 2.22. The molecule has 0 saturated heterocycles. The van der Waals surface area contributed by atoms with Crippen LogP contribution in [0.1, 0.15) is 0 Å². The molecule has 3 rings (SSSR count). The van der Waals surface area contributed by atoms with Crippen molar-refractivity contribution in [3.8, 4) is 5.75 Å². The van der Waals surface area contributed by atoms with E-state index in [2.05, 4.69) is 15.5 Å². The Kier molecular flexibility index (Phi) is 2.79. The molecule has 0 spiro atoms. The number of halogens is 1. The summed E-state index contributed by atoms with van der Waals surface area (Å²) in [5.74, 6) is 1.10. The van der Waals surface area contributed by atoms with Gasteiger partial charge >= 0.3 is 0 Å². The minimum Gasteiger partial charge on any atom is -0.497 e. The van der Waals surface area contributed by atoms with Crippen molar-refractivity contribution in [2.75, 3.05) is 12.4 Å². The topological polar surface area (TPSA) is 49.9 Å². The Morgan fingerprint density at radius 3 is 2.89 bits per heavy atom. The van der Waals surface area contributed by atoms with E-state index in [9.17, 15) is 4.39 Å². The molecule has 0 unspecified atom stereocenters. The largest absolute Gasteiger partial charge is 0.497 e. The second kappa shape index (κ2) is 4.61. The number of hydrogen-bond acceptors (Lipinski definition) is 3. The van der Waals surface area contributed by atoms with E-state index in [1.54, 1.807) is 19.2 Å². The molecule has 1 aromatic heterocycles. The van der Waals surface area contributed by atoms with E-state index in [1.807, 2.05) is 18.2 Å². The SMILES string of the molecule is COc1ccc2[nH]nc(Nc3cccc(F)c3)c2c1. The Balaban J connectivity index is 2.00. The number of hydrogen-bond donors (Lipinski definition) is 2. The molecule has 4 nitrogen and oxygen atoms in total. The van der Waals surface area contributed by atoms with Gasteiger partial charge in [0, 0.05) is 11.1 Å². The van der Waals surface area contributed by atoms with E-state index in [-0.39, 0.29) is 5.82 Å². The number of benzene rings is 2. The molecule has 1 heterocycles. The highest BCUT2D eigenvalue weighted by Crippen LogP contribution is 2.27. The number of ether oxygens (including phenoxy) is 1. The fraction of sp³-hybridized carbons (Fsp3) is 0.0714. The first kappa shape index (κ1) is 11.5. The molecule has 0 amide bonds. The maximum absolute atomic E-state index is 13.1. The lowest BCUT2D eigenvalue weighted by Crippen LogP contribution is -1.91. The van der Waals surface area contributed by atoms with Crippen molar-refractivity contribution in [3.05, 3.63) is 48.3 Å². The van der Waals surface area contributed by atoms with Crippen molar-refractivity contribution < 1.29 is 9.13 Å². The van der Waals surface area contributed by atoms with Gasteiger partial charge in [0.25, 0.3) is 0 Å². The van der Waals surface area contributed by atoms with Gasteiger partial charge < -0.3 is 10.1 Å². The van der Waals surface area contributed by atoms with Crippen molar-refractivity contribution in [2.24, 2.45) is 0 Å². The molecule has 0 saturated carbocycles. The molecule has 5 heteroatoms. The summed E-state index contributed by atoms with van der Waals surface area (Å²) in [4.78, 5) is 0. The predicted octanol–water partition coefficient (Wildman–Crippen LogP) is 3.45. The number of nitrogens with zero attached hydrogens (tertiary/aromatic N) is 1. The van der Waals surface area contributed by atoms with Gasteiger partial charge in [-0.25, -0.2) is 4.39 Å². The lowest BCUT2D eigenvalue weighted by Gasteiger charge is -2.04. The summed E-state index contributed by atoms with van der Waals surface area (Å²) < 4.78 is 18.3. The van der Waals surface area contributed by atoms with Crippen LogP contribution in [-0.2, 0) is 0 Å². The molecule has 2 aromatic carbocycles. The summed E-state index contributed by atoms with van der Waals surface area (Å²) in [5.41, 5.74) is 1.54. The predicted molar refractivity (Wildman–Crippen MR) is 72.3 cm³/mol. The van der Waals surface area contributed by atoms with Crippen LogP contribution in [0, 0.1) is 5.82 Å². The van der Waals surface area contributed by atoms with Crippen molar-refractivity contribution in [2.45, 2.75) is 0 Å². The normalized spacial score (nSPS) is 10.6. The fourth-order valence-corrected chi connectivity index (χ4v) is 1.92. The summed E-state index contributed by atoms with van der Waals surface area (Å²) in [6, 6.07) is 11.9. The second-order valence-electron chi connectivity index (χ2n) is 4.12. The smallest absolute Gasteiger partial charge is 0.160 e. The maximum Gasteiger partial charge on any atom is 0.160 e. The van der Waals surface area contributed by atoms with Crippen LogP contribution in [-0.4, -0.2) is 17.3 Å². The Bertz CT molecular complexity index is 724. The number of aromatic nitrogens is 2. The Hall–Kier alpha value is -2.56. The standard InChI is InChI=1S/C14H12FN3O/c1-19-11-5-6-13-12(8-11)14(18-17-13)16-10-4-2-3-9(15)7-10/h2-8H,1H3,(H2,16,17,18). The van der Waals surface area contributed by atoms with Crippen LogP contribution in [0.3, 0.4) is 0 Å². The number of aromatic amines is 1. The highest BCUT2D eigenvalue weighted by molar-refractivity contribution is 5.92. The van der Waals surface area contributed by atoms with E-state index in [0.29, 0.717) is 11.5 Å². The average molecular weight is 257 g/mol. The molecule has 0 aliphatic carbocycles. The van der Waals surface area contributed by atoms with Gasteiger partial charge in [-0.15, -0.1) is 0 Å². The highest BCUT2D eigenvalue weighted by Gasteiger charge is 2.07. The van der Waals surface area contributed by atoms with E-state index >= 15 is 0 Å². The van der Waals surface area contributed by atoms with Gasteiger partial charge in [-0.3, -0.25) is 5.10 Å². The molecule has 19 heavy (non-hydrogen) atoms. The van der Waals surface area contributed by atoms with Gasteiger partial charge in [0.2, 0.25) is 0 Å². The molecule has 3 aromatic rings. The van der Waals surface area contributed by atoms with Gasteiger partial charge in [-0.1, -0.05) is 6.07 Å². The van der Waals surface area contributed by atoms with E-state index in [1.165, 1.54) is 12.1 Å². The van der Waals surface area contributed by atoms with Crippen LogP contribution in [0.25, 0.3) is 10.9 Å². The molecule has 0 fully saturated rings. The quantitative estimate of drug-likeness (QED) is 0.755. The van der Waals surface area contributed by atoms with Gasteiger partial charge in [-0.05, 0) is 36.4 Å². The summed E-state index contributed by atoms with van der Waals surface area (Å²) in [6.07, 6.45) is 0. The third-order valence-corrected chi connectivity index (χ3v) is 2.86. The van der Waals surface area contributed by atoms with Crippen molar-refractivity contribution in [1.29, 1.82) is 0 Å². The van der Waals surface area contributed by atoms with Crippen LogP contribution in [0.4, 0.5) is 15.9 Å². The van der Waals surface area contributed by atoms with E-state index in [4.69, 9.17) is 4.74 Å². The number of anilines is 2. The third-order valence-electron chi connectivity index (χ3n) is 2.86. The molecule has 0 atom stereocenters. The molecule has 0 aliphatic rings. The Morgan fingerprint density at radius 1 is 1.21 bits per heavy atom. The molecule has 0 bridgehead atoms. The van der Waals surface area contributed by atoms with Crippen LogP contribution in [0.5, 0.6) is 5.75 Å². The Morgan fingerprint density at radius 2 is 2.11 bits per heavy atom. The fourth-order valence-electron chi connectivity index (χ4n) is 1.92. The van der Waals surface area contributed by atoms with Crippen molar-refractivity contribution >= 4 is 22.4 Å². The summed E-state index contributed by atoms with van der Waals surface area (Å²) in [5, 5.41) is 11.1. The number of rotatable bonds is 3. The first-order valence-corrected chi connectivity index (χ1v) is 5.81. The molecule has 96 valence electrons. The van der Waals surface area contributed by atoms with Crippen LogP contribution in [0.2, 0.25) is 0 Å². The van der Waals surface area contributed by atoms with Gasteiger partial charge in [0.05, 0.1) is 12.6 Å². The molecule has 0 radical (unpaired) electrons. The number of methoxy groups -OCH3 is 1. The summed E-state index contributed by atoms with van der Waals surface area (Å²) >= 11 is 0. The minimum atomic E-state index is -0.289. The molecular weight excluding hydrogens is 245 g/mol. The van der Waals surface area contributed by atoms with Gasteiger partial charge in [-0.2, -0.15) is 5.10 Å². The zero-order chi connectivity index (χ0) is 13.2. The van der Waals surface area contributed by atoms with Gasteiger partial charge in [0.15, 0.2) is 5.82 Å². The van der Waals surface area contributed by atoms with Crippen LogP contribution in [0.15, 0.2) is 42.5 Å². The first-order chi connectivity index (χ1) is 9.26. The zero-order valence-corrected chi connectivity index (χ0v) is 10.3. The summed E-state index contributed by atoms with van der Waals surface area (Å²) in [6.45, 7) is 0. The number of fused-ring (bicyclic) bond motifs is 1. The first-order valence-electron chi connectivity index (χ1n) is 5.81. The lowest BCUT2D eigenvalue weighted by atomic mass is 10.2. The zero-order valence-electron chi connectivity index (χ0n) is 10.3. The minimum absolute atomic E-state index is 0.289. The monoisotopic (exact) mass is 257 g/mol. The lowest BCUT2D eigenvalue weighted by molar-refractivity contribution is 0.415. The molecule has 0 aliphatic heterocycles. The maximum atomic E-state index is 13.1. The average Bonchev–Trinajstić information content (AvgIpc) is 2.81. The van der Waals surface area contributed by atoms with Crippen molar-refractivity contribution in [3.63, 3.8) is 0 Å². The molecular formula is C14H12FN3O. The molecule has 2 N–H and O–H groups in total. The van der Waals surface area contributed by atoms with Crippen molar-refractivity contribution in [1.82, 2.24) is 10.2 Å². The highest BCUT2D eigenvalue weighted by atomic mass is 19.1. The Labute approximate surface area is 109 Å². The summed E-state index contributed by atoms with van der Waals surface area (Å²) in [7, 11) is 1.61. The number of nitrogens with one attached hydrogen (secondary N) is 2. The number of H-pyrrole nitrogens is 1. The van der Waals surface area contributed by atoms with E-state index in [0.717, 1.165) is 16.7 Å².